The van der Waals surface area contributed by atoms with Crippen LogP contribution < -0.4 is 30.1 Å². The summed E-state index contributed by atoms with van der Waals surface area (Å²) < 4.78 is 49.9. The molecule has 6 aliphatic rings. The normalized spacial score (nSPS) is 25.7. The standard InChI is InChI=1S/C41H58N6O12S/c1-6-26-18-41(26,37(51)45-60(54,55)28-13-14-28)44-34(48)29-17-27(59-39(53)46-19-24-15-30-31(58-22-57-30)16-25(24)20-46)21-47(29)36(50)33(40(3,4)5)43-35(49)32(42-38(52)56-7-2)23-11-9-8-10-12-23/h15-16,23,26-29,32-33H,6-14,17-22H2,1-5H3,(H,42,52)(H,43,49)(H,44,48)(H,45,51)/t26-,27+,29?,32-,33+,41-/m0/s1. The lowest BCUT2D eigenvalue weighted by atomic mass is 9.82. The van der Waals surface area contributed by atoms with E-state index in [1.165, 1.54) is 9.80 Å². The van der Waals surface area contributed by atoms with Crippen LogP contribution in [0.5, 0.6) is 11.5 Å². The van der Waals surface area contributed by atoms with E-state index >= 15 is 0 Å². The van der Waals surface area contributed by atoms with Gasteiger partial charge in [0.25, 0.3) is 5.91 Å². The molecule has 3 aliphatic heterocycles. The lowest BCUT2D eigenvalue weighted by Gasteiger charge is -2.37. The quantitative estimate of drug-likeness (QED) is 0.225. The average molecular weight is 859 g/mol. The zero-order chi connectivity index (χ0) is 43.1. The monoisotopic (exact) mass is 858 g/mol. The first-order valence-corrected chi connectivity index (χ1v) is 22.8. The highest BCUT2D eigenvalue weighted by Crippen LogP contribution is 2.47. The Hall–Kier alpha value is -4.81. The molecule has 18 nitrogen and oxygen atoms in total. The lowest BCUT2D eigenvalue weighted by molar-refractivity contribution is -0.145. The van der Waals surface area contributed by atoms with E-state index in [-0.39, 0.29) is 57.7 Å². The summed E-state index contributed by atoms with van der Waals surface area (Å²) in [4.78, 5) is 86.3. The molecule has 0 spiro atoms. The Bertz CT molecular complexity index is 1960. The molecule has 1 aromatic rings. The van der Waals surface area contributed by atoms with Crippen molar-refractivity contribution in [2.24, 2.45) is 17.3 Å². The van der Waals surface area contributed by atoms with E-state index in [1.807, 2.05) is 19.1 Å². The third-order valence-electron chi connectivity index (χ3n) is 12.7. The van der Waals surface area contributed by atoms with Crippen LogP contribution in [-0.4, -0.2) is 109 Å². The highest BCUT2D eigenvalue weighted by Gasteiger charge is 2.62. The number of nitrogens with zero attached hydrogens (tertiary/aromatic N) is 2. The van der Waals surface area contributed by atoms with Crippen molar-refractivity contribution in [1.29, 1.82) is 0 Å². The fourth-order valence-electron chi connectivity index (χ4n) is 9.02. The summed E-state index contributed by atoms with van der Waals surface area (Å²) in [5, 5.41) is 7.78. The van der Waals surface area contributed by atoms with Crippen molar-refractivity contribution in [3.63, 3.8) is 0 Å². The fourth-order valence-corrected chi connectivity index (χ4v) is 10.4. The van der Waals surface area contributed by atoms with Crippen LogP contribution in [0.25, 0.3) is 0 Å². The molecule has 330 valence electrons. The van der Waals surface area contributed by atoms with Crippen molar-refractivity contribution in [3.05, 3.63) is 23.3 Å². The number of likely N-dealkylation sites (tertiary alicyclic amines) is 1. The molecule has 1 aromatic carbocycles. The number of hydrogen-bond acceptors (Lipinski definition) is 12. The number of sulfonamides is 1. The van der Waals surface area contributed by atoms with Gasteiger partial charge in [0.15, 0.2) is 11.5 Å². The van der Waals surface area contributed by atoms with E-state index < -0.39 is 86.3 Å². The van der Waals surface area contributed by atoms with Gasteiger partial charge in [-0.05, 0) is 79.5 Å². The van der Waals surface area contributed by atoms with Crippen molar-refractivity contribution in [2.75, 3.05) is 19.9 Å². The third kappa shape index (κ3) is 9.10. The molecule has 1 saturated heterocycles. The molecule has 60 heavy (non-hydrogen) atoms. The zero-order valence-electron chi connectivity index (χ0n) is 35.0. The maximum absolute atomic E-state index is 14.9. The van der Waals surface area contributed by atoms with E-state index in [9.17, 15) is 37.2 Å². The van der Waals surface area contributed by atoms with Crippen LogP contribution in [0.1, 0.15) is 110 Å². The average Bonchev–Trinajstić information content (AvgIpc) is 4.03. The number of rotatable bonds is 13. The molecule has 6 amide bonds. The highest BCUT2D eigenvalue weighted by atomic mass is 32.2. The van der Waals surface area contributed by atoms with Crippen LogP contribution in [0.15, 0.2) is 12.1 Å². The molecule has 4 fully saturated rings. The Morgan fingerprint density at radius 1 is 0.933 bits per heavy atom. The summed E-state index contributed by atoms with van der Waals surface area (Å²) in [6.07, 6.45) is 3.22. The largest absolute Gasteiger partial charge is 0.454 e. The molecule has 3 aliphatic carbocycles. The Labute approximate surface area is 350 Å². The van der Waals surface area contributed by atoms with E-state index in [1.54, 1.807) is 27.7 Å². The maximum atomic E-state index is 14.9. The number of alkyl carbamates (subject to hydrolysis) is 1. The number of amides is 6. The molecule has 0 bridgehead atoms. The van der Waals surface area contributed by atoms with Crippen LogP contribution in [0.2, 0.25) is 0 Å². The maximum Gasteiger partial charge on any atom is 0.410 e. The number of benzene rings is 1. The van der Waals surface area contributed by atoms with Gasteiger partial charge in [-0.15, -0.1) is 0 Å². The fraction of sp³-hybridized carbons (Fsp3) is 0.707. The van der Waals surface area contributed by atoms with Crippen molar-refractivity contribution in [3.8, 4) is 11.5 Å². The predicted octanol–water partition coefficient (Wildman–Crippen LogP) is 2.96. The number of hydrogen-bond donors (Lipinski definition) is 4. The molecule has 3 heterocycles. The summed E-state index contributed by atoms with van der Waals surface area (Å²) in [5.74, 6) is -2.12. The van der Waals surface area contributed by atoms with Crippen LogP contribution >= 0.6 is 0 Å². The van der Waals surface area contributed by atoms with Gasteiger partial charge in [-0.2, -0.15) is 0 Å². The lowest BCUT2D eigenvalue weighted by Crippen LogP contribution is -2.62. The Morgan fingerprint density at radius 3 is 2.15 bits per heavy atom. The first-order valence-electron chi connectivity index (χ1n) is 21.2. The first kappa shape index (κ1) is 43.3. The first-order chi connectivity index (χ1) is 28.4. The third-order valence-corrected chi connectivity index (χ3v) is 14.5. The zero-order valence-corrected chi connectivity index (χ0v) is 35.8. The van der Waals surface area contributed by atoms with E-state index in [0.29, 0.717) is 43.6 Å². The Morgan fingerprint density at radius 2 is 1.58 bits per heavy atom. The minimum absolute atomic E-state index is 0.104. The summed E-state index contributed by atoms with van der Waals surface area (Å²) in [6.45, 7) is 9.28. The summed E-state index contributed by atoms with van der Waals surface area (Å²) in [6, 6.07) is 0.192. The Balaban J connectivity index is 1.12. The van der Waals surface area contributed by atoms with Gasteiger partial charge in [0, 0.05) is 19.5 Å². The topological polar surface area (TPSA) is 228 Å². The number of carbonyl (C=O) groups is 6. The molecular formula is C41H58N6O12S. The van der Waals surface area contributed by atoms with Crippen LogP contribution in [0.3, 0.4) is 0 Å². The number of nitrogens with one attached hydrogen (secondary N) is 4. The van der Waals surface area contributed by atoms with Gasteiger partial charge in [-0.25, -0.2) is 18.0 Å². The molecule has 19 heteroatoms. The second kappa shape index (κ2) is 16.9. The highest BCUT2D eigenvalue weighted by molar-refractivity contribution is 7.91. The molecular weight excluding hydrogens is 801 g/mol. The molecule has 3 saturated carbocycles. The van der Waals surface area contributed by atoms with Crippen molar-refractivity contribution < 1.29 is 56.1 Å². The molecule has 7 rings (SSSR count). The van der Waals surface area contributed by atoms with Gasteiger partial charge >= 0.3 is 12.2 Å². The number of fused-ring (bicyclic) bond motifs is 2. The van der Waals surface area contributed by atoms with Gasteiger partial charge in [-0.3, -0.25) is 28.8 Å². The van der Waals surface area contributed by atoms with Crippen LogP contribution in [-0.2, 0) is 51.8 Å². The summed E-state index contributed by atoms with van der Waals surface area (Å²) in [5.41, 5.74) is -0.699. The molecule has 0 aromatic heterocycles. The van der Waals surface area contributed by atoms with Crippen molar-refractivity contribution in [1.82, 2.24) is 30.5 Å². The van der Waals surface area contributed by atoms with Crippen molar-refractivity contribution in [2.45, 2.75) is 147 Å². The van der Waals surface area contributed by atoms with E-state index in [4.69, 9.17) is 18.9 Å². The summed E-state index contributed by atoms with van der Waals surface area (Å²) >= 11 is 0. The summed E-state index contributed by atoms with van der Waals surface area (Å²) in [7, 11) is -3.92. The van der Waals surface area contributed by atoms with Gasteiger partial charge in [0.05, 0.1) is 18.4 Å². The van der Waals surface area contributed by atoms with Gasteiger partial charge < -0.3 is 39.8 Å². The van der Waals surface area contributed by atoms with E-state index in [0.717, 1.165) is 30.4 Å². The minimum Gasteiger partial charge on any atom is -0.454 e. The Kier molecular flexibility index (Phi) is 12.2. The molecule has 0 radical (unpaired) electrons. The minimum atomic E-state index is -3.92. The SMILES string of the molecule is CCOC(=O)N[C@H](C(=O)N[C@H](C(=O)N1C[C@H](OC(=O)N2Cc3cc4c(cc3C2)OCO4)CC1C(=O)N[C@@]1(C(=O)NS(=O)(=O)C2CC2)C[C@@H]1CC)C(C)(C)C)C1CCCCC1. The van der Waals surface area contributed by atoms with Crippen molar-refractivity contribution >= 4 is 45.8 Å². The second-order valence-electron chi connectivity index (χ2n) is 18.1. The smallest absolute Gasteiger partial charge is 0.410 e. The number of carbonyl (C=O) groups excluding carboxylic acids is 6. The number of ether oxygens (including phenoxy) is 4. The van der Waals surface area contributed by atoms with Gasteiger partial charge in [0.2, 0.25) is 34.5 Å². The van der Waals surface area contributed by atoms with E-state index in [2.05, 4.69) is 20.7 Å². The molecule has 4 N–H and O–H groups in total. The van der Waals surface area contributed by atoms with Crippen LogP contribution in [0.4, 0.5) is 9.59 Å². The van der Waals surface area contributed by atoms with Gasteiger partial charge in [0.1, 0.15) is 29.8 Å². The predicted molar refractivity (Wildman–Crippen MR) is 213 cm³/mol. The molecule has 1 unspecified atom stereocenters. The molecule has 6 atom stereocenters. The van der Waals surface area contributed by atoms with Crippen LogP contribution in [0, 0.1) is 17.3 Å². The second-order valence-corrected chi connectivity index (χ2v) is 20.0. The van der Waals surface area contributed by atoms with Gasteiger partial charge in [-0.1, -0.05) is 53.4 Å².